The first kappa shape index (κ1) is 71.5. The summed E-state index contributed by atoms with van der Waals surface area (Å²) in [7, 11) is -14.8. The number of aromatic hydroxyl groups is 2. The van der Waals surface area contributed by atoms with Crippen LogP contribution in [-0.2, 0) is 48.2 Å². The summed E-state index contributed by atoms with van der Waals surface area (Å²) in [5, 5.41) is 33.6. The van der Waals surface area contributed by atoms with Crippen molar-refractivity contribution in [3.63, 3.8) is 0 Å². The van der Waals surface area contributed by atoms with E-state index in [0.29, 0.717) is 16.1 Å². The van der Waals surface area contributed by atoms with Crippen LogP contribution in [0.25, 0.3) is 6.08 Å². The molecule has 0 radical (unpaired) electrons. The van der Waals surface area contributed by atoms with Gasteiger partial charge in [0, 0.05) is 12.1 Å². The summed E-state index contributed by atoms with van der Waals surface area (Å²) in [5.74, 6) is -3.62. The highest BCUT2D eigenvalue weighted by molar-refractivity contribution is 8.00. The first-order chi connectivity index (χ1) is 32.7. The fourth-order valence-corrected chi connectivity index (χ4v) is 6.42. The van der Waals surface area contributed by atoms with Gasteiger partial charge < -0.3 is 38.8 Å². The van der Waals surface area contributed by atoms with Crippen molar-refractivity contribution in [2.45, 2.75) is 24.0 Å². The van der Waals surface area contributed by atoms with Crippen LogP contribution in [0.5, 0.6) is 17.2 Å². The molecule has 73 heavy (non-hydrogen) atoms. The minimum atomic E-state index is -6.85. The van der Waals surface area contributed by atoms with Crippen molar-refractivity contribution in [1.29, 1.82) is 0 Å². The summed E-state index contributed by atoms with van der Waals surface area (Å²) in [5.41, 5.74) is -16.5. The summed E-state index contributed by atoms with van der Waals surface area (Å²) in [6.07, 6.45) is 1.63. The SMILES string of the molecule is C.C=Cc1ccc(C(=O)OC)cc1Cl.CO.COC(=O)c1ccc(O)c(Cl)c1.COC(=O)c1ccc(OS(=O)(=O)C(F)(F)F)c(Cl)c1.O=C(O)c1ccc(O)c(Cl)c1.O=S(=O)(OS(=O)(=O)C(F)(F)F)C(F)(F)F.[H+]. The first-order valence-corrected chi connectivity index (χ1v) is 22.9. The number of esters is 3. The molecule has 0 spiro atoms. The summed E-state index contributed by atoms with van der Waals surface area (Å²) in [6.45, 7) is 3.59. The van der Waals surface area contributed by atoms with Crippen LogP contribution in [0.3, 0.4) is 0 Å². The summed E-state index contributed by atoms with van der Waals surface area (Å²) >= 11 is 22.4. The van der Waals surface area contributed by atoms with Crippen molar-refractivity contribution in [2.24, 2.45) is 0 Å². The van der Waals surface area contributed by atoms with Gasteiger partial charge in [-0.1, -0.05) is 72.6 Å². The largest absolute Gasteiger partial charge is 1.00 e. The number of ether oxygens (including phenoxy) is 3. The molecule has 0 unspecified atom stereocenters. The Morgan fingerprint density at radius 3 is 1.12 bits per heavy atom. The van der Waals surface area contributed by atoms with E-state index >= 15 is 0 Å². The number of carboxylic acids is 1. The Hall–Kier alpha value is -5.80. The van der Waals surface area contributed by atoms with Gasteiger partial charge in [0.05, 0.1) is 58.7 Å². The lowest BCUT2D eigenvalue weighted by molar-refractivity contribution is -0.0586. The molecule has 4 aromatic rings. The molecule has 0 aliphatic rings. The van der Waals surface area contributed by atoms with Gasteiger partial charge in [0.1, 0.15) is 11.5 Å². The van der Waals surface area contributed by atoms with E-state index in [4.69, 9.17) is 66.8 Å². The molecule has 0 saturated carbocycles. The molecule has 4 rings (SSSR count). The number of rotatable bonds is 9. The zero-order chi connectivity index (χ0) is 57.0. The van der Waals surface area contributed by atoms with Gasteiger partial charge in [0.15, 0.2) is 5.75 Å². The van der Waals surface area contributed by atoms with Gasteiger partial charge in [-0.25, -0.2) is 19.2 Å². The fraction of sp³-hybridized carbons (Fsp3) is 0.211. The molecular formula is C38H36Cl4F9O19S3+. The molecule has 0 aromatic heterocycles. The van der Waals surface area contributed by atoms with E-state index in [1.807, 2.05) is 3.63 Å². The van der Waals surface area contributed by atoms with Gasteiger partial charge in [-0.05, 0) is 72.3 Å². The molecule has 0 atom stereocenters. The molecule has 0 amide bonds. The molecule has 0 fully saturated rings. The molecule has 0 aliphatic heterocycles. The second-order valence-corrected chi connectivity index (χ2v) is 18.0. The zero-order valence-electron chi connectivity index (χ0n) is 36.8. The number of methoxy groups -OCH3 is 3. The Balaban J connectivity index is -0.000000412. The molecule has 0 aliphatic carbocycles. The van der Waals surface area contributed by atoms with Gasteiger partial charge in [0.25, 0.3) is 0 Å². The Kier molecular flexibility index (Phi) is 29.8. The molecule has 0 bridgehead atoms. The lowest BCUT2D eigenvalue weighted by Crippen LogP contribution is -2.34. The maximum Gasteiger partial charge on any atom is 1.00 e. The van der Waals surface area contributed by atoms with Crippen LogP contribution >= 0.6 is 46.4 Å². The van der Waals surface area contributed by atoms with Crippen LogP contribution in [0.4, 0.5) is 39.5 Å². The topological polar surface area (TPSA) is 298 Å². The quantitative estimate of drug-likeness (QED) is 0.0398. The summed E-state index contributed by atoms with van der Waals surface area (Å²) < 4.78 is 185. The second-order valence-electron chi connectivity index (χ2n) is 11.5. The average molecular weight is 1210 g/mol. The van der Waals surface area contributed by atoms with Crippen LogP contribution < -0.4 is 4.18 Å². The predicted octanol–water partition coefficient (Wildman–Crippen LogP) is 9.76. The number of aliphatic hydroxyl groups excluding tert-OH is 1. The number of phenolic OH excluding ortho intramolecular Hbond substituents is 2. The van der Waals surface area contributed by atoms with E-state index in [-0.39, 0.29) is 41.5 Å². The Labute approximate surface area is 429 Å². The number of carbonyl (C=O) groups is 4. The number of phenols is 2. The Morgan fingerprint density at radius 2 is 0.836 bits per heavy atom. The van der Waals surface area contributed by atoms with Crippen molar-refractivity contribution < 1.29 is 128 Å². The number of hydrogen-bond donors (Lipinski definition) is 4. The van der Waals surface area contributed by atoms with Crippen molar-refractivity contribution in [2.75, 3.05) is 28.4 Å². The van der Waals surface area contributed by atoms with Crippen LogP contribution in [0, 0.1) is 0 Å². The Morgan fingerprint density at radius 1 is 0.534 bits per heavy atom. The number of benzene rings is 4. The monoisotopic (exact) mass is 1200 g/mol. The number of halogens is 13. The molecule has 19 nitrogen and oxygen atoms in total. The molecule has 35 heteroatoms. The van der Waals surface area contributed by atoms with Crippen LogP contribution in [0.15, 0.2) is 79.4 Å². The van der Waals surface area contributed by atoms with Gasteiger partial charge in [-0.3, -0.25) is 0 Å². The average Bonchev–Trinajstić information content (AvgIpc) is 3.28. The van der Waals surface area contributed by atoms with E-state index in [1.165, 1.54) is 50.6 Å². The fourth-order valence-electron chi connectivity index (χ4n) is 3.50. The maximum atomic E-state index is 12.1. The third-order valence-electron chi connectivity index (χ3n) is 6.79. The minimum Gasteiger partial charge on any atom is -0.506 e. The Bertz CT molecular complexity index is 2850. The molecular weight excluding hydrogens is 1170 g/mol. The molecule has 0 saturated heterocycles. The lowest BCUT2D eigenvalue weighted by atomic mass is 10.1. The van der Waals surface area contributed by atoms with Gasteiger partial charge in [0.2, 0.25) is 0 Å². The molecule has 410 valence electrons. The third kappa shape index (κ3) is 23.3. The predicted molar refractivity (Wildman–Crippen MR) is 243 cm³/mol. The second kappa shape index (κ2) is 30.4. The number of carboxylic acid groups (broad SMARTS) is 1. The van der Waals surface area contributed by atoms with E-state index in [9.17, 15) is 83.9 Å². The first-order valence-electron chi connectivity index (χ1n) is 17.2. The number of carbonyl (C=O) groups excluding carboxylic acids is 3. The summed E-state index contributed by atoms with van der Waals surface area (Å²) in [4.78, 5) is 43.4. The maximum absolute atomic E-state index is 12.1. The summed E-state index contributed by atoms with van der Waals surface area (Å²) in [6, 6.07) is 15.5. The van der Waals surface area contributed by atoms with E-state index < -0.39 is 81.5 Å². The normalized spacial score (nSPS) is 11.0. The number of alkyl halides is 9. The zero-order valence-corrected chi connectivity index (χ0v) is 41.2. The molecule has 4 aromatic carbocycles. The highest BCUT2D eigenvalue weighted by atomic mass is 35.5. The van der Waals surface area contributed by atoms with Crippen molar-refractivity contribution >= 4 is 107 Å². The van der Waals surface area contributed by atoms with E-state index in [2.05, 4.69) is 25.0 Å². The number of aliphatic hydroxyl groups is 1. The van der Waals surface area contributed by atoms with Crippen LogP contribution in [0.2, 0.25) is 20.1 Å². The van der Waals surface area contributed by atoms with E-state index in [1.54, 1.807) is 24.3 Å². The van der Waals surface area contributed by atoms with Crippen molar-refractivity contribution in [1.82, 2.24) is 0 Å². The number of aromatic carboxylic acids is 1. The van der Waals surface area contributed by atoms with Gasteiger partial charge in [-0.15, -0.1) is 3.63 Å². The smallest absolute Gasteiger partial charge is 0.506 e. The third-order valence-corrected chi connectivity index (χ3v) is 11.5. The molecule has 4 N–H and O–H groups in total. The lowest BCUT2D eigenvalue weighted by Gasteiger charge is -2.10. The van der Waals surface area contributed by atoms with Crippen LogP contribution in [0.1, 0.15) is 55.8 Å². The van der Waals surface area contributed by atoms with Gasteiger partial charge >= 0.3 is 72.2 Å². The standard InChI is InChI=1S/C10H9ClO2.C9H6ClF3O5S.C8H7ClO3.C7H5ClO3.C2F6O5S2.CH4O.CH4/c1-3-7-4-5-8(6-9(7)11)10(12)13-2;1-17-8(14)5-2-3-7(6(10)4-5)18-19(15,16)9(11,12)13;1-12-8(11)5-2-3-7(10)6(9)4-5;8-5-3-4(7(10)11)1-2-6(5)9;3-1(4,5)14(9,10)13-15(11,12)2(6,7)8;1-2;/h3-6H,1H2,2H3;2-4H,1H3;2-4,10H,1H3;1-3,9H,(H,10,11);;2H,1H3;1H4/p+1. The minimum absolute atomic E-state index is 0. The van der Waals surface area contributed by atoms with Gasteiger partial charge in [-0.2, -0.15) is 64.8 Å². The highest BCUT2D eigenvalue weighted by Crippen LogP contribution is 2.34. The van der Waals surface area contributed by atoms with Crippen molar-refractivity contribution in [3.8, 4) is 17.2 Å². The van der Waals surface area contributed by atoms with Crippen LogP contribution in [-0.4, -0.2) is 115 Å². The van der Waals surface area contributed by atoms with Crippen molar-refractivity contribution in [3.05, 3.63) is 127 Å². The highest BCUT2D eigenvalue weighted by Gasteiger charge is 2.57. The number of hydrogen-bond acceptors (Lipinski definition) is 18. The molecule has 0 heterocycles. The van der Waals surface area contributed by atoms with E-state index in [0.717, 1.165) is 38.0 Å².